The maximum atomic E-state index is 12.6. The molecule has 140 valence electrons. The van der Waals surface area contributed by atoms with Gasteiger partial charge in [-0.15, -0.1) is 11.3 Å². The Bertz CT molecular complexity index is 966. The van der Waals surface area contributed by atoms with Crippen LogP contribution in [0, 0.1) is 6.92 Å². The number of amides is 1. The second-order valence-electron chi connectivity index (χ2n) is 6.43. The van der Waals surface area contributed by atoms with Crippen LogP contribution in [0.1, 0.15) is 19.7 Å². The Morgan fingerprint density at radius 3 is 2.67 bits per heavy atom. The van der Waals surface area contributed by atoms with Gasteiger partial charge >= 0.3 is 0 Å². The molecule has 0 saturated carbocycles. The third-order valence-electron chi connectivity index (χ3n) is 4.06. The number of hydrogen-bond acceptors (Lipinski definition) is 5. The van der Waals surface area contributed by atoms with Crippen LogP contribution in [0.3, 0.4) is 0 Å². The molecule has 0 atom stereocenters. The maximum absolute atomic E-state index is 12.6. The van der Waals surface area contributed by atoms with Crippen molar-refractivity contribution in [2.75, 3.05) is 18.8 Å². The van der Waals surface area contributed by atoms with Gasteiger partial charge in [0.15, 0.2) is 0 Å². The molecule has 6 heteroatoms. The zero-order valence-electron chi connectivity index (χ0n) is 15.9. The largest absolute Gasteiger partial charge is 0.338 e. The minimum Gasteiger partial charge on any atom is -0.338 e. The molecule has 0 bridgehead atoms. The van der Waals surface area contributed by atoms with Crippen LogP contribution in [-0.4, -0.2) is 39.6 Å². The summed E-state index contributed by atoms with van der Waals surface area (Å²) in [5, 5.41) is 1.89. The molecular formula is C21H23N3OS2. The highest BCUT2D eigenvalue weighted by Crippen LogP contribution is 2.36. The van der Waals surface area contributed by atoms with Gasteiger partial charge in [0, 0.05) is 23.4 Å². The molecule has 0 N–H and O–H groups in total. The van der Waals surface area contributed by atoms with Gasteiger partial charge < -0.3 is 4.90 Å². The predicted molar refractivity (Wildman–Crippen MR) is 115 cm³/mol. The number of rotatable bonds is 7. The molecule has 1 amide bonds. The van der Waals surface area contributed by atoms with Crippen LogP contribution < -0.4 is 0 Å². The molecule has 27 heavy (non-hydrogen) atoms. The lowest BCUT2D eigenvalue weighted by atomic mass is 10.2. The van der Waals surface area contributed by atoms with E-state index in [0.29, 0.717) is 18.8 Å². The molecule has 0 radical (unpaired) electrons. The smallest absolute Gasteiger partial charge is 0.233 e. The molecule has 0 fully saturated rings. The van der Waals surface area contributed by atoms with Crippen LogP contribution in [-0.2, 0) is 4.79 Å². The first-order valence-corrected chi connectivity index (χ1v) is 10.7. The van der Waals surface area contributed by atoms with E-state index in [4.69, 9.17) is 0 Å². The van der Waals surface area contributed by atoms with E-state index in [1.807, 2.05) is 43.9 Å². The van der Waals surface area contributed by atoms with Crippen molar-refractivity contribution in [2.45, 2.75) is 25.8 Å². The van der Waals surface area contributed by atoms with Gasteiger partial charge in [0.25, 0.3) is 0 Å². The normalized spacial score (nSPS) is 10.9. The molecule has 0 aliphatic heterocycles. The summed E-state index contributed by atoms with van der Waals surface area (Å²) in [7, 11) is 0. The van der Waals surface area contributed by atoms with E-state index < -0.39 is 0 Å². The number of thioether (sulfide) groups is 1. The highest BCUT2D eigenvalue weighted by molar-refractivity contribution is 8.00. The highest BCUT2D eigenvalue weighted by atomic mass is 32.2. The average molecular weight is 398 g/mol. The molecule has 4 nitrogen and oxygen atoms in total. The molecule has 2 heterocycles. The molecule has 2 aromatic heterocycles. The maximum Gasteiger partial charge on any atom is 0.233 e. The Hall–Kier alpha value is -2.18. The van der Waals surface area contributed by atoms with Gasteiger partial charge in [-0.2, -0.15) is 0 Å². The number of fused-ring (bicyclic) bond motifs is 1. The number of aromatic nitrogens is 2. The molecule has 0 unspecified atom stereocenters. The second kappa shape index (κ2) is 8.67. The van der Waals surface area contributed by atoms with Crippen LogP contribution >= 0.6 is 23.1 Å². The van der Waals surface area contributed by atoms with E-state index in [1.165, 1.54) is 17.3 Å². The number of benzene rings is 1. The SMILES string of the molecule is C=C(C)CN(CC)C(=O)CSc1nc(C)nc2sc(-c3ccccc3)cc12. The first kappa shape index (κ1) is 19.6. The molecule has 0 saturated heterocycles. The lowest BCUT2D eigenvalue weighted by Crippen LogP contribution is -2.33. The highest BCUT2D eigenvalue weighted by Gasteiger charge is 2.16. The van der Waals surface area contributed by atoms with Gasteiger partial charge in [-0.05, 0) is 32.4 Å². The van der Waals surface area contributed by atoms with Crippen molar-refractivity contribution in [1.29, 1.82) is 0 Å². The molecule has 3 aromatic rings. The van der Waals surface area contributed by atoms with Crippen molar-refractivity contribution in [1.82, 2.24) is 14.9 Å². The van der Waals surface area contributed by atoms with E-state index in [0.717, 1.165) is 31.5 Å². The fourth-order valence-corrected chi connectivity index (χ4v) is 4.87. The van der Waals surface area contributed by atoms with Crippen LogP contribution in [0.2, 0.25) is 0 Å². The number of carbonyl (C=O) groups excluding carboxylic acids is 1. The van der Waals surface area contributed by atoms with E-state index in [1.54, 1.807) is 11.3 Å². The van der Waals surface area contributed by atoms with Gasteiger partial charge in [-0.3, -0.25) is 4.79 Å². The summed E-state index contributed by atoms with van der Waals surface area (Å²) in [5.74, 6) is 1.20. The molecule has 1 aromatic carbocycles. The van der Waals surface area contributed by atoms with Crippen molar-refractivity contribution >= 4 is 39.2 Å². The predicted octanol–water partition coefficient (Wildman–Crippen LogP) is 5.18. The van der Waals surface area contributed by atoms with Gasteiger partial charge in [0.05, 0.1) is 5.75 Å². The summed E-state index contributed by atoms with van der Waals surface area (Å²) in [6, 6.07) is 12.4. The zero-order valence-corrected chi connectivity index (χ0v) is 17.5. The van der Waals surface area contributed by atoms with Crippen molar-refractivity contribution in [2.24, 2.45) is 0 Å². The third kappa shape index (κ3) is 4.76. The second-order valence-corrected chi connectivity index (χ2v) is 8.42. The minimum atomic E-state index is 0.105. The Kier molecular flexibility index (Phi) is 6.29. The van der Waals surface area contributed by atoms with Crippen molar-refractivity contribution in [3.63, 3.8) is 0 Å². The number of hydrogen-bond donors (Lipinski definition) is 0. The van der Waals surface area contributed by atoms with Gasteiger partial charge in [0.2, 0.25) is 5.91 Å². The summed E-state index contributed by atoms with van der Waals surface area (Å²) in [5.41, 5.74) is 2.16. The number of nitrogens with zero attached hydrogens (tertiary/aromatic N) is 3. The number of likely N-dealkylation sites (N-methyl/N-ethyl adjacent to an activating group) is 1. The summed E-state index contributed by atoms with van der Waals surface area (Å²) in [4.78, 5) is 25.7. The van der Waals surface area contributed by atoms with E-state index >= 15 is 0 Å². The van der Waals surface area contributed by atoms with Crippen molar-refractivity contribution in [3.8, 4) is 10.4 Å². The standard InChI is InChI=1S/C21H23N3OS2/c1-5-24(12-14(2)3)19(25)13-26-20-17-11-18(16-9-7-6-8-10-16)27-21(17)23-15(4)22-20/h6-11H,2,5,12-13H2,1,3-4H3. The number of aryl methyl sites for hydroxylation is 1. The average Bonchev–Trinajstić information content (AvgIpc) is 3.08. The first-order chi connectivity index (χ1) is 13.0. The first-order valence-electron chi connectivity index (χ1n) is 8.86. The summed E-state index contributed by atoms with van der Waals surface area (Å²) >= 11 is 3.15. The van der Waals surface area contributed by atoms with Crippen LogP contribution in [0.25, 0.3) is 20.7 Å². The van der Waals surface area contributed by atoms with Gasteiger partial charge in [0.1, 0.15) is 15.7 Å². The fourth-order valence-electron chi connectivity index (χ4n) is 2.78. The lowest BCUT2D eigenvalue weighted by Gasteiger charge is -2.20. The summed E-state index contributed by atoms with van der Waals surface area (Å²) in [6.45, 7) is 11.0. The Balaban J connectivity index is 1.85. The quantitative estimate of drug-likeness (QED) is 0.313. The topological polar surface area (TPSA) is 46.1 Å². The Morgan fingerprint density at radius 1 is 1.26 bits per heavy atom. The fraction of sp³-hybridized carbons (Fsp3) is 0.286. The molecular weight excluding hydrogens is 374 g/mol. The Labute approximate surface area is 168 Å². The number of thiophene rings is 1. The molecule has 0 aliphatic carbocycles. The van der Waals surface area contributed by atoms with Crippen LogP contribution in [0.4, 0.5) is 0 Å². The monoisotopic (exact) mass is 397 g/mol. The summed E-state index contributed by atoms with van der Waals surface area (Å²) < 4.78 is 0. The van der Waals surface area contributed by atoms with Crippen LogP contribution in [0.5, 0.6) is 0 Å². The van der Waals surface area contributed by atoms with E-state index in [2.05, 4.69) is 34.7 Å². The lowest BCUT2D eigenvalue weighted by molar-refractivity contribution is -0.127. The number of carbonyl (C=O) groups is 1. The molecule has 0 aliphatic rings. The summed E-state index contributed by atoms with van der Waals surface area (Å²) in [6.07, 6.45) is 0. The van der Waals surface area contributed by atoms with Crippen molar-refractivity contribution < 1.29 is 4.79 Å². The van der Waals surface area contributed by atoms with E-state index in [-0.39, 0.29) is 5.91 Å². The van der Waals surface area contributed by atoms with Crippen molar-refractivity contribution in [3.05, 3.63) is 54.4 Å². The minimum absolute atomic E-state index is 0.105. The van der Waals surface area contributed by atoms with Gasteiger partial charge in [-0.25, -0.2) is 9.97 Å². The molecule has 0 spiro atoms. The third-order valence-corrected chi connectivity index (χ3v) is 6.11. The Morgan fingerprint density at radius 2 is 2.00 bits per heavy atom. The van der Waals surface area contributed by atoms with Crippen LogP contribution in [0.15, 0.2) is 53.6 Å². The molecule has 3 rings (SSSR count). The van der Waals surface area contributed by atoms with Gasteiger partial charge in [-0.1, -0.05) is 54.2 Å². The van der Waals surface area contributed by atoms with E-state index in [9.17, 15) is 4.79 Å². The zero-order chi connectivity index (χ0) is 19.4.